The average molecular weight is 320 g/mol. The van der Waals surface area contributed by atoms with Crippen LogP contribution in [0.25, 0.3) is 0 Å². The fourth-order valence-electron chi connectivity index (χ4n) is 2.29. The molecule has 0 aromatic carbocycles. The number of nitrogens with zero attached hydrogens (tertiary/aromatic N) is 2. The van der Waals surface area contributed by atoms with E-state index in [-0.39, 0.29) is 6.04 Å². The minimum absolute atomic E-state index is 0.139. The summed E-state index contributed by atoms with van der Waals surface area (Å²) in [5.41, 5.74) is 8.35. The van der Waals surface area contributed by atoms with Crippen molar-refractivity contribution in [2.24, 2.45) is 12.8 Å². The van der Waals surface area contributed by atoms with E-state index in [1.165, 1.54) is 0 Å². The summed E-state index contributed by atoms with van der Waals surface area (Å²) in [6.07, 6.45) is 0.801. The Labute approximate surface area is 129 Å². The maximum absolute atomic E-state index is 6.40. The maximum atomic E-state index is 6.40. The first kappa shape index (κ1) is 15.5. The Morgan fingerprint density at radius 2 is 2.16 bits per heavy atom. The van der Waals surface area contributed by atoms with E-state index >= 15 is 0 Å². The van der Waals surface area contributed by atoms with Gasteiger partial charge in [0.1, 0.15) is 0 Å². The molecule has 1 aliphatic heterocycles. The van der Waals surface area contributed by atoms with E-state index in [9.17, 15) is 0 Å². The fraction of sp³-hybridized carbons (Fsp3) is 0.769. The van der Waals surface area contributed by atoms with Crippen molar-refractivity contribution in [2.45, 2.75) is 49.0 Å². The smallest absolute Gasteiger partial charge is 0.0847 e. The molecule has 1 aliphatic rings. The van der Waals surface area contributed by atoms with Gasteiger partial charge in [0.05, 0.1) is 16.4 Å². The molecule has 6 heteroatoms. The molecule has 0 aliphatic carbocycles. The van der Waals surface area contributed by atoms with Crippen molar-refractivity contribution in [2.75, 3.05) is 5.75 Å². The normalized spacial score (nSPS) is 29.5. The summed E-state index contributed by atoms with van der Waals surface area (Å²) in [6, 6.07) is 0.139. The third kappa shape index (κ3) is 3.43. The maximum Gasteiger partial charge on any atom is 0.0847 e. The number of thioether (sulfide) groups is 2. The molecule has 0 spiro atoms. The van der Waals surface area contributed by atoms with Crippen molar-refractivity contribution in [1.82, 2.24) is 9.78 Å². The molecule has 1 aromatic heterocycles. The topological polar surface area (TPSA) is 43.8 Å². The van der Waals surface area contributed by atoms with Crippen LogP contribution in [0, 0.1) is 6.92 Å². The van der Waals surface area contributed by atoms with Gasteiger partial charge in [0.25, 0.3) is 0 Å². The summed E-state index contributed by atoms with van der Waals surface area (Å²) >= 11 is 10.4. The van der Waals surface area contributed by atoms with E-state index in [2.05, 4.69) is 18.9 Å². The second-order valence-corrected chi connectivity index (χ2v) is 8.67. The molecule has 2 N–H and O–H groups in total. The van der Waals surface area contributed by atoms with Crippen LogP contribution in [0.2, 0.25) is 5.02 Å². The number of hydrogen-bond donors (Lipinski definition) is 1. The summed E-state index contributed by atoms with van der Waals surface area (Å²) in [5.74, 6) is 1.13. The molecule has 2 rings (SSSR count). The number of halogens is 1. The van der Waals surface area contributed by atoms with Crippen LogP contribution in [-0.2, 0) is 13.5 Å². The molecule has 1 aromatic rings. The Hall–Kier alpha value is 0.160. The zero-order valence-corrected chi connectivity index (χ0v) is 14.3. The van der Waals surface area contributed by atoms with E-state index in [0.29, 0.717) is 10.5 Å². The van der Waals surface area contributed by atoms with Crippen molar-refractivity contribution in [3.05, 3.63) is 16.4 Å². The van der Waals surface area contributed by atoms with Crippen LogP contribution in [0.15, 0.2) is 0 Å². The number of rotatable bonds is 3. The van der Waals surface area contributed by atoms with Crippen LogP contribution in [0.4, 0.5) is 0 Å². The Bertz CT molecular complexity index is 449. The van der Waals surface area contributed by atoms with Gasteiger partial charge in [-0.15, -0.1) is 0 Å². The quantitative estimate of drug-likeness (QED) is 0.930. The van der Waals surface area contributed by atoms with Crippen LogP contribution < -0.4 is 5.73 Å². The minimum Gasteiger partial charge on any atom is -0.326 e. The third-order valence-corrected chi connectivity index (χ3v) is 7.81. The summed E-state index contributed by atoms with van der Waals surface area (Å²) in [6.45, 7) is 6.53. The first-order valence-corrected chi connectivity index (χ1v) is 8.97. The zero-order valence-electron chi connectivity index (χ0n) is 11.9. The van der Waals surface area contributed by atoms with Gasteiger partial charge in [-0.3, -0.25) is 4.68 Å². The second-order valence-electron chi connectivity index (χ2n) is 5.26. The zero-order chi connectivity index (χ0) is 14.2. The summed E-state index contributed by atoms with van der Waals surface area (Å²) in [4.78, 5) is 0. The van der Waals surface area contributed by atoms with Crippen LogP contribution in [-0.4, -0.2) is 37.3 Å². The Balaban J connectivity index is 2.03. The van der Waals surface area contributed by atoms with Crippen LogP contribution in [0.5, 0.6) is 0 Å². The average Bonchev–Trinajstić information content (AvgIpc) is 2.59. The SMILES string of the molecule is Cc1nn(C)c(CC(N)C2CSC(C)C(C)S2)c1Cl. The number of nitrogens with two attached hydrogens (primary N) is 1. The number of aryl methyl sites for hydroxylation is 2. The highest BCUT2D eigenvalue weighted by Crippen LogP contribution is 2.37. The van der Waals surface area contributed by atoms with Gasteiger partial charge in [-0.2, -0.15) is 28.6 Å². The monoisotopic (exact) mass is 319 g/mol. The highest BCUT2D eigenvalue weighted by molar-refractivity contribution is 8.07. The van der Waals surface area contributed by atoms with E-state index in [4.69, 9.17) is 17.3 Å². The highest BCUT2D eigenvalue weighted by atomic mass is 35.5. The predicted octanol–water partition coefficient (Wildman–Crippen LogP) is 2.88. The van der Waals surface area contributed by atoms with Crippen molar-refractivity contribution in [3.8, 4) is 0 Å². The molecule has 3 nitrogen and oxygen atoms in total. The van der Waals surface area contributed by atoms with E-state index in [1.54, 1.807) is 0 Å². The molecule has 0 bridgehead atoms. The summed E-state index contributed by atoms with van der Waals surface area (Å²) in [7, 11) is 1.94. The third-order valence-electron chi connectivity index (χ3n) is 3.74. The lowest BCUT2D eigenvalue weighted by atomic mass is 10.1. The van der Waals surface area contributed by atoms with Crippen LogP contribution in [0.3, 0.4) is 0 Å². The minimum atomic E-state index is 0.139. The molecule has 108 valence electrons. The van der Waals surface area contributed by atoms with Gasteiger partial charge in [-0.1, -0.05) is 25.4 Å². The predicted molar refractivity (Wildman–Crippen MR) is 87.4 cm³/mol. The van der Waals surface area contributed by atoms with Gasteiger partial charge in [0, 0.05) is 41.0 Å². The van der Waals surface area contributed by atoms with Crippen molar-refractivity contribution >= 4 is 35.1 Å². The molecule has 1 saturated heterocycles. The number of hydrogen-bond acceptors (Lipinski definition) is 4. The molecule has 4 unspecified atom stereocenters. The fourth-order valence-corrected chi connectivity index (χ4v) is 5.59. The molecule has 0 saturated carbocycles. The van der Waals surface area contributed by atoms with E-state index in [0.717, 1.165) is 33.8 Å². The first-order valence-electron chi connectivity index (χ1n) is 6.60. The highest BCUT2D eigenvalue weighted by Gasteiger charge is 2.30. The number of aromatic nitrogens is 2. The largest absolute Gasteiger partial charge is 0.326 e. The molecule has 1 fully saturated rings. The Morgan fingerprint density at radius 3 is 2.68 bits per heavy atom. The van der Waals surface area contributed by atoms with Gasteiger partial charge >= 0.3 is 0 Å². The summed E-state index contributed by atoms with van der Waals surface area (Å²) in [5, 5.41) is 7.01. The lowest BCUT2D eigenvalue weighted by Gasteiger charge is -2.34. The van der Waals surface area contributed by atoms with Gasteiger partial charge in [0.15, 0.2) is 0 Å². The van der Waals surface area contributed by atoms with Crippen molar-refractivity contribution in [1.29, 1.82) is 0 Å². The lowest BCUT2D eigenvalue weighted by Crippen LogP contribution is -2.41. The van der Waals surface area contributed by atoms with Crippen LogP contribution in [0.1, 0.15) is 25.2 Å². The first-order chi connectivity index (χ1) is 8.90. The molecule has 2 heterocycles. The standard InChI is InChI=1S/C13H22ClN3S2/c1-7-13(14)11(17(4)16-7)5-10(15)12-6-18-8(2)9(3)19-12/h8-10,12H,5-6,15H2,1-4H3. The summed E-state index contributed by atoms with van der Waals surface area (Å²) < 4.78 is 1.87. The Kier molecular flexibility index (Phi) is 5.15. The molecule has 4 atom stereocenters. The molecular formula is C13H22ClN3S2. The van der Waals surface area contributed by atoms with Gasteiger partial charge in [-0.25, -0.2) is 0 Å². The molecule has 0 radical (unpaired) electrons. The van der Waals surface area contributed by atoms with Crippen molar-refractivity contribution in [3.63, 3.8) is 0 Å². The van der Waals surface area contributed by atoms with Gasteiger partial charge in [-0.05, 0) is 6.92 Å². The van der Waals surface area contributed by atoms with E-state index < -0.39 is 0 Å². The second kappa shape index (κ2) is 6.29. The molecule has 19 heavy (non-hydrogen) atoms. The van der Waals surface area contributed by atoms with Crippen LogP contribution >= 0.6 is 35.1 Å². The van der Waals surface area contributed by atoms with Gasteiger partial charge < -0.3 is 5.73 Å². The Morgan fingerprint density at radius 1 is 1.47 bits per heavy atom. The lowest BCUT2D eigenvalue weighted by molar-refractivity contribution is 0.609. The molecule has 0 amide bonds. The molecular weight excluding hydrogens is 298 g/mol. The van der Waals surface area contributed by atoms with Gasteiger partial charge in [0.2, 0.25) is 0 Å². The van der Waals surface area contributed by atoms with E-state index in [1.807, 2.05) is 42.2 Å². The van der Waals surface area contributed by atoms with Crippen molar-refractivity contribution < 1.29 is 0 Å².